The van der Waals surface area contributed by atoms with Gasteiger partial charge in [0.1, 0.15) is 0 Å². The van der Waals surface area contributed by atoms with E-state index in [0.717, 1.165) is 19.2 Å². The third kappa shape index (κ3) is 7.27. The number of benzene rings is 1. The minimum atomic E-state index is -3.09. The van der Waals surface area contributed by atoms with Crippen LogP contribution in [0.1, 0.15) is 18.0 Å². The van der Waals surface area contributed by atoms with Crippen molar-refractivity contribution in [3.63, 3.8) is 0 Å². The molecule has 0 aromatic heterocycles. The molecule has 0 heterocycles. The van der Waals surface area contributed by atoms with Crippen molar-refractivity contribution in [1.29, 1.82) is 0 Å². The van der Waals surface area contributed by atoms with Crippen LogP contribution in [0.15, 0.2) is 30.3 Å². The highest BCUT2D eigenvalue weighted by atomic mass is 32.2. The minimum Gasteiger partial charge on any atom is -0.383 e. The number of sulfonamides is 1. The summed E-state index contributed by atoms with van der Waals surface area (Å²) in [7, 11) is -1.42. The lowest BCUT2D eigenvalue weighted by Crippen LogP contribution is -2.30. The third-order valence-corrected chi connectivity index (χ3v) is 3.37. The lowest BCUT2D eigenvalue weighted by molar-refractivity contribution is 0.167. The predicted octanol–water partition coefficient (Wildman–Crippen LogP) is 0.903. The van der Waals surface area contributed by atoms with Crippen molar-refractivity contribution in [2.45, 2.75) is 12.5 Å². The minimum absolute atomic E-state index is 0.129. The highest BCUT2D eigenvalue weighted by Gasteiger charge is 2.09. The molecule has 5 nitrogen and oxygen atoms in total. The highest BCUT2D eigenvalue weighted by molar-refractivity contribution is 7.88. The molecule has 1 atom stereocenters. The Balaban J connectivity index is 2.35. The van der Waals surface area contributed by atoms with Crippen molar-refractivity contribution in [3.05, 3.63) is 35.9 Å². The summed E-state index contributed by atoms with van der Waals surface area (Å²) in [5.74, 6) is 0. The molecule has 0 spiro atoms. The quantitative estimate of drug-likeness (QED) is 0.662. The van der Waals surface area contributed by atoms with Gasteiger partial charge in [-0.2, -0.15) is 0 Å². The van der Waals surface area contributed by atoms with E-state index in [2.05, 4.69) is 10.0 Å². The van der Waals surface area contributed by atoms with Crippen LogP contribution in [0.3, 0.4) is 0 Å². The van der Waals surface area contributed by atoms with Gasteiger partial charge in [0, 0.05) is 13.7 Å². The van der Waals surface area contributed by atoms with Gasteiger partial charge in [0.25, 0.3) is 0 Å². The first-order chi connectivity index (χ1) is 9.03. The Morgan fingerprint density at radius 1 is 1.21 bits per heavy atom. The van der Waals surface area contributed by atoms with Gasteiger partial charge in [-0.25, -0.2) is 13.1 Å². The molecular formula is C13H22N2O3S. The second kappa shape index (κ2) is 8.27. The van der Waals surface area contributed by atoms with E-state index >= 15 is 0 Å². The maximum atomic E-state index is 10.9. The number of hydrogen-bond donors (Lipinski definition) is 2. The molecule has 0 saturated heterocycles. The summed E-state index contributed by atoms with van der Waals surface area (Å²) in [4.78, 5) is 0. The zero-order valence-electron chi connectivity index (χ0n) is 11.4. The second-order valence-corrected chi connectivity index (χ2v) is 6.23. The fourth-order valence-corrected chi connectivity index (χ4v) is 2.26. The monoisotopic (exact) mass is 286 g/mol. The summed E-state index contributed by atoms with van der Waals surface area (Å²) >= 11 is 0. The molecule has 0 radical (unpaired) electrons. The van der Waals surface area contributed by atoms with E-state index < -0.39 is 10.0 Å². The van der Waals surface area contributed by atoms with Gasteiger partial charge in [-0.3, -0.25) is 0 Å². The van der Waals surface area contributed by atoms with Crippen LogP contribution in [0, 0.1) is 0 Å². The summed E-state index contributed by atoms with van der Waals surface area (Å²) in [5, 5.41) is 3.36. The molecule has 0 amide bonds. The molecule has 108 valence electrons. The first-order valence-electron chi connectivity index (χ1n) is 6.25. The van der Waals surface area contributed by atoms with Crippen LogP contribution in [-0.4, -0.2) is 41.5 Å². The van der Waals surface area contributed by atoms with Gasteiger partial charge in [-0.05, 0) is 18.5 Å². The van der Waals surface area contributed by atoms with Gasteiger partial charge < -0.3 is 10.1 Å². The molecule has 0 fully saturated rings. The van der Waals surface area contributed by atoms with E-state index in [1.54, 1.807) is 7.11 Å². The maximum absolute atomic E-state index is 10.9. The Kier molecular flexibility index (Phi) is 7.01. The maximum Gasteiger partial charge on any atom is 0.208 e. The van der Waals surface area contributed by atoms with Crippen molar-refractivity contribution < 1.29 is 13.2 Å². The van der Waals surface area contributed by atoms with E-state index in [0.29, 0.717) is 13.2 Å². The van der Waals surface area contributed by atoms with Crippen LogP contribution in [0.4, 0.5) is 0 Å². The van der Waals surface area contributed by atoms with E-state index in [9.17, 15) is 8.42 Å². The fourth-order valence-electron chi connectivity index (χ4n) is 1.75. The molecule has 1 unspecified atom stereocenters. The van der Waals surface area contributed by atoms with Crippen LogP contribution >= 0.6 is 0 Å². The lowest BCUT2D eigenvalue weighted by Gasteiger charge is -2.18. The van der Waals surface area contributed by atoms with Gasteiger partial charge >= 0.3 is 0 Å². The molecule has 0 saturated carbocycles. The zero-order valence-corrected chi connectivity index (χ0v) is 12.2. The summed E-state index contributed by atoms with van der Waals surface area (Å²) in [6, 6.07) is 10.2. The number of nitrogens with one attached hydrogen (secondary N) is 2. The molecule has 6 heteroatoms. The largest absolute Gasteiger partial charge is 0.383 e. The summed E-state index contributed by atoms with van der Waals surface area (Å²) < 4.78 is 29.5. The van der Waals surface area contributed by atoms with Crippen molar-refractivity contribution in [2.24, 2.45) is 0 Å². The number of ether oxygens (including phenoxy) is 1. The van der Waals surface area contributed by atoms with Crippen molar-refractivity contribution in [2.75, 3.05) is 33.1 Å². The predicted molar refractivity (Wildman–Crippen MR) is 76.5 cm³/mol. The third-order valence-electron chi connectivity index (χ3n) is 2.64. The molecule has 0 aliphatic carbocycles. The molecular weight excluding hydrogens is 264 g/mol. The van der Waals surface area contributed by atoms with Crippen LogP contribution in [0.25, 0.3) is 0 Å². The fraction of sp³-hybridized carbons (Fsp3) is 0.538. The van der Waals surface area contributed by atoms with Crippen molar-refractivity contribution in [3.8, 4) is 0 Å². The molecule has 1 aromatic rings. The van der Waals surface area contributed by atoms with Gasteiger partial charge in [-0.1, -0.05) is 30.3 Å². The van der Waals surface area contributed by atoms with Crippen molar-refractivity contribution in [1.82, 2.24) is 10.0 Å². The van der Waals surface area contributed by atoms with Gasteiger partial charge in [-0.15, -0.1) is 0 Å². The Morgan fingerprint density at radius 2 is 1.89 bits per heavy atom. The Morgan fingerprint density at radius 3 is 2.47 bits per heavy atom. The molecule has 1 rings (SSSR count). The van der Waals surface area contributed by atoms with E-state index in [4.69, 9.17) is 4.74 Å². The summed E-state index contributed by atoms with van der Waals surface area (Å²) in [6.07, 6.45) is 1.90. The number of methoxy groups -OCH3 is 1. The van der Waals surface area contributed by atoms with Gasteiger partial charge in [0.2, 0.25) is 10.0 Å². The van der Waals surface area contributed by atoms with E-state index in [1.807, 2.05) is 30.3 Å². The standard InChI is InChI=1S/C13H22N2O3S/c1-18-11-13(12-7-4-3-5-8-12)14-9-6-10-15-19(2,16)17/h3-5,7-8,13-15H,6,9-11H2,1-2H3. The number of rotatable bonds is 9. The van der Waals surface area contributed by atoms with E-state index in [-0.39, 0.29) is 6.04 Å². The van der Waals surface area contributed by atoms with Crippen molar-refractivity contribution >= 4 is 10.0 Å². The highest BCUT2D eigenvalue weighted by Crippen LogP contribution is 2.12. The van der Waals surface area contributed by atoms with Gasteiger partial charge in [0.05, 0.1) is 18.9 Å². The Labute approximate surface area is 115 Å². The topological polar surface area (TPSA) is 67.4 Å². The lowest BCUT2D eigenvalue weighted by atomic mass is 10.1. The smallest absolute Gasteiger partial charge is 0.208 e. The van der Waals surface area contributed by atoms with Gasteiger partial charge in [0.15, 0.2) is 0 Å². The van der Waals surface area contributed by atoms with E-state index in [1.165, 1.54) is 5.56 Å². The summed E-state index contributed by atoms with van der Waals surface area (Å²) in [6.45, 7) is 1.76. The van der Waals surface area contributed by atoms with Crippen LogP contribution in [0.5, 0.6) is 0 Å². The number of hydrogen-bond acceptors (Lipinski definition) is 4. The molecule has 2 N–H and O–H groups in total. The normalized spacial score (nSPS) is 13.4. The SMILES string of the molecule is COCC(NCCCNS(C)(=O)=O)c1ccccc1. The van der Waals surface area contributed by atoms with Crippen LogP contribution < -0.4 is 10.0 Å². The second-order valence-electron chi connectivity index (χ2n) is 4.39. The first-order valence-corrected chi connectivity index (χ1v) is 8.14. The summed E-state index contributed by atoms with van der Waals surface area (Å²) in [5.41, 5.74) is 1.17. The first kappa shape index (κ1) is 16.1. The van der Waals surface area contributed by atoms with Crippen LogP contribution in [0.2, 0.25) is 0 Å². The molecule has 1 aromatic carbocycles. The van der Waals surface area contributed by atoms with Crippen LogP contribution in [-0.2, 0) is 14.8 Å². The Hall–Kier alpha value is -0.950. The zero-order chi connectivity index (χ0) is 14.1. The average Bonchev–Trinajstić information content (AvgIpc) is 2.37. The molecule has 19 heavy (non-hydrogen) atoms. The Bertz CT molecular complexity index is 448. The average molecular weight is 286 g/mol. The molecule has 0 aliphatic heterocycles. The molecule has 0 aliphatic rings. The molecule has 0 bridgehead atoms.